The first-order valence-electron chi connectivity index (χ1n) is 9.43. The SMILES string of the molecule is CC1=C(/C=C/C2=CCC[C@@]3(C)[C@H]2CC[C@]3(O)[C@H](C)O)C[C@H](O)CC1. The van der Waals surface area contributed by atoms with Crippen molar-refractivity contribution in [3.63, 3.8) is 0 Å². The van der Waals surface area contributed by atoms with Crippen molar-refractivity contribution in [1.82, 2.24) is 0 Å². The van der Waals surface area contributed by atoms with Crippen LogP contribution in [0, 0.1) is 11.3 Å². The highest BCUT2D eigenvalue weighted by Gasteiger charge is 2.59. The molecule has 0 radical (unpaired) electrons. The molecule has 0 amide bonds. The maximum atomic E-state index is 11.1. The minimum atomic E-state index is -0.985. The average Bonchev–Trinajstić information content (AvgIpc) is 2.82. The molecule has 0 saturated heterocycles. The molecule has 0 unspecified atom stereocenters. The summed E-state index contributed by atoms with van der Waals surface area (Å²) in [7, 11) is 0. The van der Waals surface area contributed by atoms with E-state index in [0.717, 1.165) is 38.5 Å². The van der Waals surface area contributed by atoms with Gasteiger partial charge in [0.1, 0.15) is 0 Å². The largest absolute Gasteiger partial charge is 0.393 e. The van der Waals surface area contributed by atoms with Crippen LogP contribution in [-0.4, -0.2) is 33.1 Å². The number of fused-ring (bicyclic) bond motifs is 1. The van der Waals surface area contributed by atoms with E-state index < -0.39 is 11.7 Å². The van der Waals surface area contributed by atoms with Crippen molar-refractivity contribution in [2.75, 3.05) is 0 Å². The third-order valence-electron chi connectivity index (χ3n) is 7.04. The maximum absolute atomic E-state index is 11.1. The minimum absolute atomic E-state index is 0.217. The molecule has 134 valence electrons. The highest BCUT2D eigenvalue weighted by atomic mass is 16.3. The molecule has 0 spiro atoms. The number of hydrogen-bond donors (Lipinski definition) is 3. The van der Waals surface area contributed by atoms with Crippen LogP contribution >= 0.6 is 0 Å². The van der Waals surface area contributed by atoms with Crippen molar-refractivity contribution >= 4 is 0 Å². The lowest BCUT2D eigenvalue weighted by Gasteiger charge is -2.47. The third-order valence-corrected chi connectivity index (χ3v) is 7.04. The number of allylic oxidation sites excluding steroid dienone is 5. The maximum Gasteiger partial charge on any atom is 0.0961 e. The molecule has 0 aromatic heterocycles. The summed E-state index contributed by atoms with van der Waals surface area (Å²) in [5.74, 6) is 0.302. The Morgan fingerprint density at radius 1 is 1.25 bits per heavy atom. The Labute approximate surface area is 145 Å². The van der Waals surface area contributed by atoms with Gasteiger partial charge in [0.05, 0.1) is 17.8 Å². The second-order valence-electron chi connectivity index (χ2n) is 8.39. The van der Waals surface area contributed by atoms with Crippen molar-refractivity contribution in [3.05, 3.63) is 34.9 Å². The Kier molecular flexibility index (Phi) is 4.80. The van der Waals surface area contributed by atoms with E-state index in [2.05, 4.69) is 32.1 Å². The van der Waals surface area contributed by atoms with Crippen LogP contribution in [0.4, 0.5) is 0 Å². The Balaban J connectivity index is 1.83. The van der Waals surface area contributed by atoms with Gasteiger partial charge in [0.15, 0.2) is 0 Å². The van der Waals surface area contributed by atoms with Gasteiger partial charge in [-0.1, -0.05) is 30.7 Å². The van der Waals surface area contributed by atoms with Crippen LogP contribution < -0.4 is 0 Å². The molecule has 0 bridgehead atoms. The molecule has 3 aliphatic rings. The van der Waals surface area contributed by atoms with Gasteiger partial charge in [0.2, 0.25) is 0 Å². The highest BCUT2D eigenvalue weighted by molar-refractivity contribution is 5.37. The van der Waals surface area contributed by atoms with Crippen LogP contribution in [0.2, 0.25) is 0 Å². The van der Waals surface area contributed by atoms with Crippen LogP contribution in [0.1, 0.15) is 65.7 Å². The Bertz CT molecular complexity index is 586. The standard InChI is InChI=1S/C21H32O3/c1-14-6-9-18(23)13-17(14)8-7-16-5-4-11-20(3)19(16)10-12-21(20,24)15(2)22/h5,7-8,15,18-19,22-24H,4,6,9-13H2,1-3H3/b8-7+/t15-,18+,19-,20-,21-/m0/s1. The second-order valence-corrected chi connectivity index (χ2v) is 8.39. The first-order chi connectivity index (χ1) is 11.3. The Hall–Kier alpha value is -0.900. The van der Waals surface area contributed by atoms with Crippen LogP contribution in [-0.2, 0) is 0 Å². The fourth-order valence-electron chi connectivity index (χ4n) is 5.23. The van der Waals surface area contributed by atoms with E-state index in [-0.39, 0.29) is 11.5 Å². The van der Waals surface area contributed by atoms with Crippen molar-refractivity contribution in [2.24, 2.45) is 11.3 Å². The molecule has 1 saturated carbocycles. The van der Waals surface area contributed by atoms with E-state index >= 15 is 0 Å². The summed E-state index contributed by atoms with van der Waals surface area (Å²) in [6, 6.07) is 0. The predicted molar refractivity (Wildman–Crippen MR) is 96.5 cm³/mol. The zero-order valence-corrected chi connectivity index (χ0v) is 15.3. The molecule has 3 aliphatic carbocycles. The van der Waals surface area contributed by atoms with Gasteiger partial charge in [-0.25, -0.2) is 0 Å². The van der Waals surface area contributed by atoms with Crippen LogP contribution in [0.15, 0.2) is 34.9 Å². The summed E-state index contributed by atoms with van der Waals surface area (Å²) in [6.45, 7) is 6.03. The van der Waals surface area contributed by atoms with Crippen LogP contribution in [0.3, 0.4) is 0 Å². The third kappa shape index (κ3) is 2.81. The van der Waals surface area contributed by atoms with Gasteiger partial charge in [-0.15, -0.1) is 0 Å². The lowest BCUT2D eigenvalue weighted by Crippen LogP contribution is -2.53. The van der Waals surface area contributed by atoms with Crippen molar-refractivity contribution in [2.45, 2.75) is 83.5 Å². The molecular formula is C21H32O3. The first kappa shape index (κ1) is 17.9. The number of hydrogen-bond acceptors (Lipinski definition) is 3. The molecule has 0 aromatic rings. The molecule has 0 aromatic carbocycles. The fourth-order valence-corrected chi connectivity index (χ4v) is 5.23. The summed E-state index contributed by atoms with van der Waals surface area (Å²) in [4.78, 5) is 0. The predicted octanol–water partition coefficient (Wildman–Crippen LogP) is 3.65. The highest BCUT2D eigenvalue weighted by Crippen LogP contribution is 2.59. The molecular weight excluding hydrogens is 300 g/mol. The molecule has 3 nitrogen and oxygen atoms in total. The molecule has 1 fully saturated rings. The van der Waals surface area contributed by atoms with Gasteiger partial charge in [-0.05, 0) is 75.9 Å². The summed E-state index contributed by atoms with van der Waals surface area (Å²) < 4.78 is 0. The molecule has 0 aliphatic heterocycles. The molecule has 3 heteroatoms. The van der Waals surface area contributed by atoms with Crippen LogP contribution in [0.5, 0.6) is 0 Å². The lowest BCUT2D eigenvalue weighted by atomic mass is 9.62. The van der Waals surface area contributed by atoms with E-state index in [0.29, 0.717) is 12.3 Å². The zero-order valence-electron chi connectivity index (χ0n) is 15.3. The number of aliphatic hydroxyl groups is 3. The van der Waals surface area contributed by atoms with E-state index in [9.17, 15) is 15.3 Å². The van der Waals surface area contributed by atoms with E-state index in [4.69, 9.17) is 0 Å². The molecule has 5 atom stereocenters. The van der Waals surface area contributed by atoms with E-state index in [1.165, 1.54) is 16.7 Å². The Morgan fingerprint density at radius 2 is 2.00 bits per heavy atom. The second kappa shape index (κ2) is 6.44. The van der Waals surface area contributed by atoms with Crippen molar-refractivity contribution < 1.29 is 15.3 Å². The quantitative estimate of drug-likeness (QED) is 0.739. The molecule has 24 heavy (non-hydrogen) atoms. The molecule has 3 rings (SSSR count). The van der Waals surface area contributed by atoms with Gasteiger partial charge >= 0.3 is 0 Å². The zero-order chi connectivity index (χ0) is 17.5. The van der Waals surface area contributed by atoms with E-state index in [1.54, 1.807) is 6.92 Å². The smallest absolute Gasteiger partial charge is 0.0961 e. The monoisotopic (exact) mass is 332 g/mol. The fraction of sp³-hybridized carbons (Fsp3) is 0.714. The van der Waals surface area contributed by atoms with Gasteiger partial charge in [0, 0.05) is 5.41 Å². The van der Waals surface area contributed by atoms with Gasteiger partial charge in [-0.2, -0.15) is 0 Å². The Morgan fingerprint density at radius 3 is 2.71 bits per heavy atom. The summed E-state index contributed by atoms with van der Waals surface area (Å²) in [5, 5.41) is 31.2. The molecule has 3 N–H and O–H groups in total. The molecule has 0 heterocycles. The number of rotatable bonds is 3. The minimum Gasteiger partial charge on any atom is -0.393 e. The van der Waals surface area contributed by atoms with E-state index in [1.807, 2.05) is 0 Å². The van der Waals surface area contributed by atoms with Gasteiger partial charge in [-0.3, -0.25) is 0 Å². The first-order valence-corrected chi connectivity index (χ1v) is 9.43. The summed E-state index contributed by atoms with van der Waals surface area (Å²) >= 11 is 0. The average molecular weight is 332 g/mol. The van der Waals surface area contributed by atoms with Crippen LogP contribution in [0.25, 0.3) is 0 Å². The topological polar surface area (TPSA) is 60.7 Å². The summed E-state index contributed by atoms with van der Waals surface area (Å²) in [5.41, 5.74) is 2.68. The van der Waals surface area contributed by atoms with Gasteiger partial charge < -0.3 is 15.3 Å². The normalized spacial score (nSPS) is 41.5. The van der Waals surface area contributed by atoms with Crippen molar-refractivity contribution in [3.8, 4) is 0 Å². The lowest BCUT2D eigenvalue weighted by molar-refractivity contribution is -0.141. The van der Waals surface area contributed by atoms with Gasteiger partial charge in [0.25, 0.3) is 0 Å². The summed E-state index contributed by atoms with van der Waals surface area (Å²) in [6.07, 6.45) is 11.8. The number of aliphatic hydroxyl groups excluding tert-OH is 2. The van der Waals surface area contributed by atoms with Crippen molar-refractivity contribution in [1.29, 1.82) is 0 Å².